The summed E-state index contributed by atoms with van der Waals surface area (Å²) >= 11 is 0. The summed E-state index contributed by atoms with van der Waals surface area (Å²) in [6, 6.07) is 8.73. The molecule has 12 nitrogen and oxygen atoms in total. The number of nitrogens with zero attached hydrogens (tertiary/aromatic N) is 1. The minimum Gasteiger partial charge on any atom is -0.481 e. The average Bonchev–Trinajstić information content (AvgIpc) is 3.16. The SMILES string of the molecule is CC#CCOc1ccc(C[C@H](NC(=O)[C@@H](/C=C/CCCCCCC(=O)CCCCCCC)[C@@](O)(CC(=O)OCc2ccncc2)C(=O)O)C(=O)OC)cc1. The van der Waals surface area contributed by atoms with E-state index < -0.39 is 47.8 Å². The first-order chi connectivity index (χ1) is 26.0. The number of carboxylic acid groups (broad SMARTS) is 1. The van der Waals surface area contributed by atoms with Crippen LogP contribution in [0.25, 0.3) is 0 Å². The topological polar surface area (TPSA) is 178 Å². The number of aromatic nitrogens is 1. The number of esters is 2. The van der Waals surface area contributed by atoms with Crippen molar-refractivity contribution in [2.75, 3.05) is 13.7 Å². The Bertz CT molecular complexity index is 1550. The summed E-state index contributed by atoms with van der Waals surface area (Å²) in [6.45, 7) is 3.86. The lowest BCUT2D eigenvalue weighted by Crippen LogP contribution is -2.55. The van der Waals surface area contributed by atoms with Crippen molar-refractivity contribution in [3.05, 3.63) is 72.1 Å². The second kappa shape index (κ2) is 25.9. The minimum atomic E-state index is -2.92. The van der Waals surface area contributed by atoms with E-state index in [1.54, 1.807) is 49.4 Å². The smallest absolute Gasteiger partial charge is 0.337 e. The van der Waals surface area contributed by atoms with E-state index in [4.69, 9.17) is 14.2 Å². The zero-order valence-electron chi connectivity index (χ0n) is 31.8. The van der Waals surface area contributed by atoms with Crippen LogP contribution in [0.4, 0.5) is 0 Å². The summed E-state index contributed by atoms with van der Waals surface area (Å²) in [5.41, 5.74) is -1.70. The van der Waals surface area contributed by atoms with Crippen molar-refractivity contribution < 1.29 is 48.4 Å². The number of ether oxygens (including phenoxy) is 3. The number of hydrogen-bond donors (Lipinski definition) is 3. The normalized spacial score (nSPS) is 13.1. The molecule has 0 fully saturated rings. The predicted octanol–water partition coefficient (Wildman–Crippen LogP) is 6.08. The third-order valence-corrected chi connectivity index (χ3v) is 8.85. The molecule has 12 heteroatoms. The number of carbonyl (C=O) groups is 5. The number of rotatable bonds is 27. The number of methoxy groups -OCH3 is 1. The number of aliphatic hydroxyl groups is 1. The molecule has 0 radical (unpaired) electrons. The van der Waals surface area contributed by atoms with E-state index in [9.17, 15) is 34.2 Å². The Balaban J connectivity index is 2.15. The molecule has 0 aliphatic carbocycles. The number of carboxylic acids is 1. The van der Waals surface area contributed by atoms with Gasteiger partial charge >= 0.3 is 17.9 Å². The molecule has 0 aliphatic heterocycles. The number of Topliss-reactive ketones (excluding diaryl/α,β-unsaturated/α-hetero) is 1. The van der Waals surface area contributed by atoms with Crippen molar-refractivity contribution in [1.29, 1.82) is 0 Å². The highest BCUT2D eigenvalue weighted by Crippen LogP contribution is 2.27. The lowest BCUT2D eigenvalue weighted by atomic mass is 9.82. The fourth-order valence-electron chi connectivity index (χ4n) is 5.66. The molecule has 0 aliphatic rings. The number of carbonyl (C=O) groups excluding carboxylic acids is 4. The van der Waals surface area contributed by atoms with Crippen molar-refractivity contribution >= 4 is 29.6 Å². The van der Waals surface area contributed by atoms with Gasteiger partial charge in [0.1, 0.15) is 30.8 Å². The number of nitrogens with one attached hydrogen (secondary N) is 1. The van der Waals surface area contributed by atoms with Crippen molar-refractivity contribution in [3.63, 3.8) is 0 Å². The van der Waals surface area contributed by atoms with Gasteiger partial charge in [0.15, 0.2) is 5.60 Å². The highest BCUT2D eigenvalue weighted by molar-refractivity contribution is 5.95. The number of aliphatic carboxylic acids is 1. The molecule has 54 heavy (non-hydrogen) atoms. The van der Waals surface area contributed by atoms with Gasteiger partial charge in [0, 0.05) is 31.7 Å². The maximum absolute atomic E-state index is 13.9. The van der Waals surface area contributed by atoms with Gasteiger partial charge in [-0.15, -0.1) is 5.92 Å². The second-order valence-electron chi connectivity index (χ2n) is 13.1. The third kappa shape index (κ3) is 17.2. The number of benzene rings is 1. The first-order valence-electron chi connectivity index (χ1n) is 18.7. The molecule has 1 aromatic carbocycles. The fraction of sp³-hybridized carbons (Fsp3) is 0.524. The molecule has 1 aromatic heterocycles. The lowest BCUT2D eigenvalue weighted by molar-refractivity contribution is -0.174. The van der Waals surface area contributed by atoms with Crippen molar-refractivity contribution in [2.24, 2.45) is 5.92 Å². The van der Waals surface area contributed by atoms with Gasteiger partial charge in [0.2, 0.25) is 5.91 Å². The number of unbranched alkanes of at least 4 members (excludes halogenated alkanes) is 8. The van der Waals surface area contributed by atoms with E-state index in [1.165, 1.54) is 31.3 Å². The molecular formula is C42H56N2O10. The molecule has 1 amide bonds. The lowest BCUT2D eigenvalue weighted by Gasteiger charge is -2.30. The summed E-state index contributed by atoms with van der Waals surface area (Å²) in [5, 5.41) is 24.3. The van der Waals surface area contributed by atoms with Crippen LogP contribution in [0, 0.1) is 17.8 Å². The van der Waals surface area contributed by atoms with E-state index in [0.29, 0.717) is 42.6 Å². The first kappa shape index (κ1) is 45.1. The highest BCUT2D eigenvalue weighted by Gasteiger charge is 2.49. The van der Waals surface area contributed by atoms with Crippen LogP contribution in [0.3, 0.4) is 0 Å². The Labute approximate surface area is 319 Å². The minimum absolute atomic E-state index is 0.0231. The van der Waals surface area contributed by atoms with Gasteiger partial charge in [-0.3, -0.25) is 19.4 Å². The molecule has 3 N–H and O–H groups in total. The van der Waals surface area contributed by atoms with E-state index in [0.717, 1.165) is 45.6 Å². The summed E-state index contributed by atoms with van der Waals surface area (Å²) in [6.07, 6.45) is 15.0. The fourth-order valence-corrected chi connectivity index (χ4v) is 5.66. The number of ketones is 1. The molecule has 0 bridgehead atoms. The van der Waals surface area contributed by atoms with Gasteiger partial charge in [-0.05, 0) is 68.0 Å². The molecular weight excluding hydrogens is 692 g/mol. The zero-order valence-corrected chi connectivity index (χ0v) is 31.8. The van der Waals surface area contributed by atoms with E-state index in [-0.39, 0.29) is 25.4 Å². The maximum atomic E-state index is 13.9. The summed E-state index contributed by atoms with van der Waals surface area (Å²) in [7, 11) is 1.15. The molecule has 2 aromatic rings. The number of hydrogen-bond acceptors (Lipinski definition) is 10. The predicted molar refractivity (Wildman–Crippen MR) is 203 cm³/mol. The standard InChI is InChI=1S/C42H56N2O10/c1-4-6-8-11-14-17-34(45)18-15-12-9-10-13-16-19-36(42(51,41(49)50)30-38(46)54-31-33-24-26-43-27-25-33)39(47)44-37(40(48)52-3)29-32-20-22-35(23-21-32)53-28-7-5-2/h16,19-27,36-37,51H,4,6,8-15,17-18,28-31H2,1-3H3,(H,44,47)(H,49,50)/b19-16+/t36-,37+,42+/m1/s1. The van der Waals surface area contributed by atoms with Gasteiger partial charge in [-0.1, -0.05) is 75.7 Å². The van der Waals surface area contributed by atoms with Gasteiger partial charge in [-0.25, -0.2) is 9.59 Å². The summed E-state index contributed by atoms with van der Waals surface area (Å²) in [5.74, 6) is -0.0889. The van der Waals surface area contributed by atoms with Crippen molar-refractivity contribution in [1.82, 2.24) is 10.3 Å². The number of amides is 1. The molecule has 1 heterocycles. The van der Waals surface area contributed by atoms with Crippen molar-refractivity contribution in [2.45, 2.75) is 122 Å². The third-order valence-electron chi connectivity index (χ3n) is 8.85. The Kier molecular flexibility index (Phi) is 21.6. The van der Waals surface area contributed by atoms with E-state index >= 15 is 0 Å². The van der Waals surface area contributed by atoms with Crippen LogP contribution >= 0.6 is 0 Å². The maximum Gasteiger partial charge on any atom is 0.337 e. The Morgan fingerprint density at radius 1 is 0.907 bits per heavy atom. The monoisotopic (exact) mass is 748 g/mol. The van der Waals surface area contributed by atoms with Crippen LogP contribution in [0.2, 0.25) is 0 Å². The molecule has 0 unspecified atom stereocenters. The van der Waals surface area contributed by atoms with Crippen LogP contribution < -0.4 is 10.1 Å². The van der Waals surface area contributed by atoms with Gasteiger partial charge in [0.25, 0.3) is 0 Å². The molecule has 0 spiro atoms. The Hall–Kier alpha value is -5.02. The van der Waals surface area contributed by atoms with E-state index in [2.05, 4.69) is 29.1 Å². The second-order valence-corrected chi connectivity index (χ2v) is 13.1. The van der Waals surface area contributed by atoms with Gasteiger partial charge in [-0.2, -0.15) is 0 Å². The number of pyridine rings is 1. The van der Waals surface area contributed by atoms with Crippen LogP contribution in [-0.4, -0.2) is 70.2 Å². The quantitative estimate of drug-likeness (QED) is 0.0418. The average molecular weight is 749 g/mol. The molecule has 3 atom stereocenters. The number of allylic oxidation sites excluding steroid dienone is 1. The molecule has 294 valence electrons. The van der Waals surface area contributed by atoms with Crippen LogP contribution in [0.1, 0.15) is 108 Å². The zero-order chi connectivity index (χ0) is 39.6. The van der Waals surface area contributed by atoms with Gasteiger partial charge < -0.3 is 29.7 Å². The van der Waals surface area contributed by atoms with E-state index in [1.807, 2.05) is 0 Å². The highest BCUT2D eigenvalue weighted by atomic mass is 16.5. The Morgan fingerprint density at radius 2 is 1.56 bits per heavy atom. The summed E-state index contributed by atoms with van der Waals surface area (Å²) < 4.78 is 15.7. The Morgan fingerprint density at radius 3 is 2.17 bits per heavy atom. The van der Waals surface area contributed by atoms with Crippen LogP contribution in [0.15, 0.2) is 60.9 Å². The van der Waals surface area contributed by atoms with Gasteiger partial charge in [0.05, 0.1) is 19.4 Å². The molecule has 0 saturated heterocycles. The molecule has 0 saturated carbocycles. The largest absolute Gasteiger partial charge is 0.481 e. The molecule has 2 rings (SSSR count). The van der Waals surface area contributed by atoms with Crippen LogP contribution in [0.5, 0.6) is 5.75 Å². The summed E-state index contributed by atoms with van der Waals surface area (Å²) in [4.78, 5) is 68.3. The first-order valence-corrected chi connectivity index (χ1v) is 18.7. The van der Waals surface area contributed by atoms with Crippen LogP contribution in [-0.2, 0) is 46.5 Å². The van der Waals surface area contributed by atoms with Crippen molar-refractivity contribution in [3.8, 4) is 17.6 Å².